The van der Waals surface area contributed by atoms with E-state index in [9.17, 15) is 45.6 Å². The molecule has 3 aromatic rings. The average molecular weight is 494 g/mol. The van der Waals surface area contributed by atoms with Crippen LogP contribution in [0.1, 0.15) is 0 Å². The number of hydrogen-bond donors (Lipinski definition) is 8. The fourth-order valence-corrected chi connectivity index (χ4v) is 3.72. The van der Waals surface area contributed by atoms with Gasteiger partial charge in [0.1, 0.15) is 35.4 Å². The van der Waals surface area contributed by atoms with Crippen molar-refractivity contribution >= 4 is 11.0 Å². The van der Waals surface area contributed by atoms with E-state index in [4.69, 9.17) is 18.6 Å². The molecule has 13 heteroatoms. The van der Waals surface area contributed by atoms with Crippen molar-refractivity contribution in [1.82, 2.24) is 0 Å². The first-order chi connectivity index (χ1) is 16.6. The van der Waals surface area contributed by atoms with Gasteiger partial charge in [0.25, 0.3) is 0 Å². The van der Waals surface area contributed by atoms with E-state index in [1.54, 1.807) is 0 Å². The van der Waals surface area contributed by atoms with Gasteiger partial charge < -0.3 is 59.5 Å². The quantitative estimate of drug-likeness (QED) is 0.209. The van der Waals surface area contributed by atoms with Crippen molar-refractivity contribution in [3.8, 4) is 45.8 Å². The topological polar surface area (TPSA) is 220 Å². The number of fused-ring (bicyclic) bond motifs is 1. The molecule has 2 heterocycles. The third-order valence-electron chi connectivity index (χ3n) is 5.59. The number of aliphatic hydroxyl groups excluding tert-OH is 4. The minimum atomic E-state index is -1.78. The molecule has 8 N–H and O–H groups in total. The van der Waals surface area contributed by atoms with Gasteiger partial charge in [-0.2, -0.15) is 0 Å². The zero-order valence-corrected chi connectivity index (χ0v) is 18.0. The van der Waals surface area contributed by atoms with Gasteiger partial charge in [-0.3, -0.25) is 4.79 Å². The molecule has 2 aromatic carbocycles. The first-order valence-electron chi connectivity index (χ1n) is 10.2. The van der Waals surface area contributed by atoms with E-state index in [0.717, 1.165) is 25.3 Å². The zero-order chi connectivity index (χ0) is 25.6. The molecular weight excluding hydrogens is 472 g/mol. The minimum absolute atomic E-state index is 0.0171. The van der Waals surface area contributed by atoms with Gasteiger partial charge in [-0.15, -0.1) is 0 Å². The molecule has 188 valence electrons. The highest BCUT2D eigenvalue weighted by molar-refractivity contribution is 5.91. The number of benzene rings is 2. The van der Waals surface area contributed by atoms with E-state index in [2.05, 4.69) is 0 Å². The van der Waals surface area contributed by atoms with Crippen molar-refractivity contribution < 1.29 is 59.5 Å². The molecule has 0 aliphatic carbocycles. The monoisotopic (exact) mass is 494 g/mol. The van der Waals surface area contributed by atoms with Crippen LogP contribution in [0, 0.1) is 0 Å². The highest BCUT2D eigenvalue weighted by atomic mass is 16.7. The summed E-state index contributed by atoms with van der Waals surface area (Å²) in [6, 6.07) is 4.48. The summed E-state index contributed by atoms with van der Waals surface area (Å²) in [7, 11) is 1.14. The first-order valence-corrected chi connectivity index (χ1v) is 10.2. The maximum Gasteiger partial charge on any atom is 0.238 e. The van der Waals surface area contributed by atoms with Crippen LogP contribution in [0.3, 0.4) is 0 Å². The second-order valence-electron chi connectivity index (χ2n) is 7.76. The average Bonchev–Trinajstić information content (AvgIpc) is 2.83. The van der Waals surface area contributed by atoms with Crippen LogP contribution in [-0.4, -0.2) is 85.3 Å². The van der Waals surface area contributed by atoms with Gasteiger partial charge in [0.05, 0.1) is 13.7 Å². The summed E-state index contributed by atoms with van der Waals surface area (Å²) < 4.78 is 21.5. The van der Waals surface area contributed by atoms with Crippen LogP contribution in [0.25, 0.3) is 22.3 Å². The van der Waals surface area contributed by atoms with Crippen molar-refractivity contribution in [1.29, 1.82) is 0 Å². The van der Waals surface area contributed by atoms with Crippen LogP contribution in [0.4, 0.5) is 0 Å². The molecule has 1 aliphatic heterocycles. The molecule has 5 atom stereocenters. The fraction of sp³-hybridized carbons (Fsp3) is 0.318. The van der Waals surface area contributed by atoms with Gasteiger partial charge in [0.2, 0.25) is 23.2 Å². The third kappa shape index (κ3) is 4.05. The van der Waals surface area contributed by atoms with Gasteiger partial charge in [-0.25, -0.2) is 0 Å². The third-order valence-corrected chi connectivity index (χ3v) is 5.59. The number of aliphatic hydroxyl groups is 4. The van der Waals surface area contributed by atoms with Gasteiger partial charge >= 0.3 is 0 Å². The van der Waals surface area contributed by atoms with Crippen LogP contribution in [0.2, 0.25) is 0 Å². The Morgan fingerprint density at radius 1 is 0.943 bits per heavy atom. The second-order valence-corrected chi connectivity index (χ2v) is 7.76. The molecule has 0 amide bonds. The molecule has 1 aromatic heterocycles. The van der Waals surface area contributed by atoms with Crippen molar-refractivity contribution in [2.24, 2.45) is 0 Å². The van der Waals surface area contributed by atoms with Crippen molar-refractivity contribution in [3.63, 3.8) is 0 Å². The normalized spacial score (nSPS) is 24.4. The lowest BCUT2D eigenvalue weighted by atomic mass is 9.99. The SMILES string of the molecule is COc1c(OC2OC(CO)C(O)C(O)C2O)cc2oc(-c3ccc(O)c(O)c3)c(O)c(=O)c2c1O. The van der Waals surface area contributed by atoms with Crippen LogP contribution in [0.15, 0.2) is 33.5 Å². The zero-order valence-electron chi connectivity index (χ0n) is 18.0. The summed E-state index contributed by atoms with van der Waals surface area (Å²) in [5.41, 5.74) is -1.35. The second kappa shape index (κ2) is 9.13. The molecule has 0 saturated carbocycles. The van der Waals surface area contributed by atoms with E-state index in [1.807, 2.05) is 0 Å². The van der Waals surface area contributed by atoms with E-state index in [1.165, 1.54) is 6.07 Å². The summed E-state index contributed by atoms with van der Waals surface area (Å²) in [5.74, 6) is -3.81. The van der Waals surface area contributed by atoms with Gasteiger partial charge in [-0.1, -0.05) is 0 Å². The Morgan fingerprint density at radius 2 is 1.66 bits per heavy atom. The Balaban J connectivity index is 1.85. The molecular formula is C22H22O13. The Hall–Kier alpha value is -3.75. The van der Waals surface area contributed by atoms with Crippen LogP contribution < -0.4 is 14.9 Å². The van der Waals surface area contributed by atoms with Gasteiger partial charge in [0.15, 0.2) is 28.8 Å². The molecule has 5 unspecified atom stereocenters. The molecule has 0 bridgehead atoms. The van der Waals surface area contributed by atoms with Gasteiger partial charge in [0, 0.05) is 11.6 Å². The van der Waals surface area contributed by atoms with Crippen molar-refractivity contribution in [2.75, 3.05) is 13.7 Å². The van der Waals surface area contributed by atoms with E-state index >= 15 is 0 Å². The Labute approximate surface area is 195 Å². The summed E-state index contributed by atoms with van der Waals surface area (Å²) in [6.45, 7) is -0.706. The number of ether oxygens (including phenoxy) is 3. The van der Waals surface area contributed by atoms with Crippen LogP contribution >= 0.6 is 0 Å². The Bertz CT molecular complexity index is 1320. The number of methoxy groups -OCH3 is 1. The molecule has 0 radical (unpaired) electrons. The largest absolute Gasteiger partial charge is 0.504 e. The molecule has 1 fully saturated rings. The predicted octanol–water partition coefficient (Wildman–Crippen LogP) is -0.530. The van der Waals surface area contributed by atoms with Gasteiger partial charge in [-0.05, 0) is 18.2 Å². The van der Waals surface area contributed by atoms with Crippen LogP contribution in [-0.2, 0) is 4.74 Å². The smallest absolute Gasteiger partial charge is 0.238 e. The number of aromatic hydroxyl groups is 4. The highest BCUT2D eigenvalue weighted by Gasteiger charge is 2.45. The standard InChI is InChI=1S/C22H22O13/c1-32-21-11(34-22-19(31)17(29)14(26)12(6-23)35-22)5-10-13(16(21)28)15(27)18(30)20(33-10)7-2-3-8(24)9(25)4-7/h2-5,12,14,17,19,22-26,28-31H,6H2,1H3. The van der Waals surface area contributed by atoms with E-state index in [-0.39, 0.29) is 16.9 Å². The fourth-order valence-electron chi connectivity index (χ4n) is 3.72. The minimum Gasteiger partial charge on any atom is -0.504 e. The summed E-state index contributed by atoms with van der Waals surface area (Å²) in [5, 5.41) is 79.4. The summed E-state index contributed by atoms with van der Waals surface area (Å²) >= 11 is 0. The Morgan fingerprint density at radius 3 is 2.29 bits per heavy atom. The van der Waals surface area contributed by atoms with E-state index in [0.29, 0.717) is 0 Å². The van der Waals surface area contributed by atoms with Crippen molar-refractivity contribution in [3.05, 3.63) is 34.5 Å². The Kier molecular flexibility index (Phi) is 6.36. The predicted molar refractivity (Wildman–Crippen MR) is 116 cm³/mol. The lowest BCUT2D eigenvalue weighted by Gasteiger charge is -2.39. The highest BCUT2D eigenvalue weighted by Crippen LogP contribution is 2.45. The molecule has 4 rings (SSSR count). The van der Waals surface area contributed by atoms with Crippen molar-refractivity contribution in [2.45, 2.75) is 30.7 Å². The van der Waals surface area contributed by atoms with E-state index < -0.39 is 82.6 Å². The maximum absolute atomic E-state index is 12.8. The number of phenols is 3. The lowest BCUT2D eigenvalue weighted by molar-refractivity contribution is -0.277. The summed E-state index contributed by atoms with van der Waals surface area (Å²) in [4.78, 5) is 12.8. The first kappa shape index (κ1) is 24.4. The van der Waals surface area contributed by atoms with Crippen LogP contribution in [0.5, 0.6) is 34.5 Å². The molecule has 0 spiro atoms. The number of rotatable bonds is 5. The molecule has 13 nitrogen and oxygen atoms in total. The number of hydrogen-bond acceptors (Lipinski definition) is 13. The molecule has 1 aliphatic rings. The lowest BCUT2D eigenvalue weighted by Crippen LogP contribution is -2.60. The maximum atomic E-state index is 12.8. The molecule has 1 saturated heterocycles. The number of phenolic OH excluding ortho intramolecular Hbond substituents is 3. The molecule has 35 heavy (non-hydrogen) atoms. The summed E-state index contributed by atoms with van der Waals surface area (Å²) in [6.07, 6.45) is -8.07.